The minimum Gasteiger partial charge on any atom is -0.496 e. The fourth-order valence-electron chi connectivity index (χ4n) is 3.54. The summed E-state index contributed by atoms with van der Waals surface area (Å²) in [5, 5.41) is 3.69. The van der Waals surface area contributed by atoms with Crippen LogP contribution in [0.5, 0.6) is 5.75 Å². The van der Waals surface area contributed by atoms with E-state index in [4.69, 9.17) is 16.3 Å². The molecular formula is C25H21ClN2O3. The van der Waals surface area contributed by atoms with E-state index in [9.17, 15) is 9.59 Å². The Morgan fingerprint density at radius 3 is 2.23 bits per heavy atom. The molecule has 31 heavy (non-hydrogen) atoms. The maximum atomic E-state index is 13.5. The van der Waals surface area contributed by atoms with Crippen LogP contribution in [0.2, 0.25) is 5.02 Å². The number of amides is 2. The predicted molar refractivity (Wildman–Crippen MR) is 123 cm³/mol. The van der Waals surface area contributed by atoms with E-state index >= 15 is 0 Å². The molecule has 0 spiro atoms. The molecule has 0 aliphatic carbocycles. The maximum absolute atomic E-state index is 13.5. The Morgan fingerprint density at radius 2 is 1.58 bits per heavy atom. The lowest BCUT2D eigenvalue weighted by Crippen LogP contribution is -2.32. The zero-order valence-electron chi connectivity index (χ0n) is 17.2. The molecule has 0 saturated carbocycles. The van der Waals surface area contributed by atoms with Crippen molar-refractivity contribution in [3.05, 3.63) is 94.6 Å². The number of nitrogens with zero attached hydrogens (tertiary/aromatic N) is 1. The van der Waals surface area contributed by atoms with Gasteiger partial charge in [-0.05, 0) is 54.4 Å². The number of methoxy groups -OCH3 is 1. The van der Waals surface area contributed by atoms with Crippen LogP contribution in [0.25, 0.3) is 5.57 Å². The van der Waals surface area contributed by atoms with Crippen LogP contribution in [-0.4, -0.2) is 18.9 Å². The first kappa shape index (κ1) is 20.7. The number of imide groups is 1. The molecule has 0 saturated heterocycles. The third kappa shape index (κ3) is 3.92. The summed E-state index contributed by atoms with van der Waals surface area (Å²) in [7, 11) is 1.54. The highest BCUT2D eigenvalue weighted by Gasteiger charge is 2.41. The van der Waals surface area contributed by atoms with Gasteiger partial charge in [-0.25, -0.2) is 4.90 Å². The van der Waals surface area contributed by atoms with Crippen LogP contribution in [0.15, 0.2) is 78.5 Å². The van der Waals surface area contributed by atoms with Crippen molar-refractivity contribution < 1.29 is 14.3 Å². The molecule has 1 aliphatic rings. The lowest BCUT2D eigenvalue weighted by atomic mass is 10.0. The second-order valence-electron chi connectivity index (χ2n) is 7.05. The quantitative estimate of drug-likeness (QED) is 0.536. The number of rotatable bonds is 6. The predicted octanol–water partition coefficient (Wildman–Crippen LogP) is 5.31. The van der Waals surface area contributed by atoms with Gasteiger partial charge < -0.3 is 10.1 Å². The molecule has 1 heterocycles. The fourth-order valence-corrected chi connectivity index (χ4v) is 3.67. The largest absolute Gasteiger partial charge is 0.496 e. The Morgan fingerprint density at radius 1 is 0.903 bits per heavy atom. The van der Waals surface area contributed by atoms with Gasteiger partial charge in [0.2, 0.25) is 0 Å². The number of nitrogens with one attached hydrogen (secondary N) is 1. The smallest absolute Gasteiger partial charge is 0.282 e. The summed E-state index contributed by atoms with van der Waals surface area (Å²) in [5.74, 6) is -0.352. The Bertz CT molecular complexity index is 1170. The van der Waals surface area contributed by atoms with Crippen LogP contribution in [0, 0.1) is 0 Å². The van der Waals surface area contributed by atoms with E-state index in [-0.39, 0.29) is 11.3 Å². The molecule has 0 radical (unpaired) electrons. The monoisotopic (exact) mass is 432 g/mol. The molecule has 156 valence electrons. The average Bonchev–Trinajstić information content (AvgIpc) is 3.04. The van der Waals surface area contributed by atoms with Gasteiger partial charge in [-0.2, -0.15) is 0 Å². The molecular weight excluding hydrogens is 412 g/mol. The Labute approximate surface area is 185 Å². The molecule has 4 rings (SSSR count). The molecule has 0 bridgehead atoms. The minimum atomic E-state index is -0.437. The van der Waals surface area contributed by atoms with Crippen LogP contribution in [0.4, 0.5) is 11.4 Å². The van der Waals surface area contributed by atoms with Crippen molar-refractivity contribution in [1.29, 1.82) is 0 Å². The maximum Gasteiger partial charge on any atom is 0.282 e. The van der Waals surface area contributed by atoms with Crippen molar-refractivity contribution in [1.82, 2.24) is 0 Å². The molecule has 1 aliphatic heterocycles. The van der Waals surface area contributed by atoms with Crippen molar-refractivity contribution in [3.63, 3.8) is 0 Å². The second kappa shape index (κ2) is 8.66. The highest BCUT2D eigenvalue weighted by atomic mass is 35.5. The van der Waals surface area contributed by atoms with E-state index in [1.807, 2.05) is 30.3 Å². The average molecular weight is 433 g/mol. The molecule has 3 aromatic carbocycles. The number of anilines is 2. The van der Waals surface area contributed by atoms with E-state index in [1.54, 1.807) is 42.5 Å². The molecule has 0 fully saturated rings. The van der Waals surface area contributed by atoms with Crippen molar-refractivity contribution >= 4 is 40.4 Å². The summed E-state index contributed by atoms with van der Waals surface area (Å²) in [5.41, 5.74) is 3.36. The van der Waals surface area contributed by atoms with Crippen LogP contribution in [-0.2, 0) is 16.0 Å². The van der Waals surface area contributed by atoms with Crippen molar-refractivity contribution in [2.24, 2.45) is 0 Å². The number of hydrogen-bond donors (Lipinski definition) is 1. The molecule has 5 nitrogen and oxygen atoms in total. The number of benzene rings is 3. The number of ether oxygens (including phenoxy) is 1. The highest BCUT2D eigenvalue weighted by Crippen LogP contribution is 2.37. The van der Waals surface area contributed by atoms with Gasteiger partial charge in [-0.3, -0.25) is 9.59 Å². The van der Waals surface area contributed by atoms with E-state index in [0.29, 0.717) is 22.0 Å². The molecule has 0 unspecified atom stereocenters. The summed E-state index contributed by atoms with van der Waals surface area (Å²) < 4.78 is 5.47. The summed E-state index contributed by atoms with van der Waals surface area (Å²) >= 11 is 5.99. The summed E-state index contributed by atoms with van der Waals surface area (Å²) in [6.07, 6.45) is 0.914. The topological polar surface area (TPSA) is 58.6 Å². The summed E-state index contributed by atoms with van der Waals surface area (Å²) in [4.78, 5) is 28.1. The van der Waals surface area contributed by atoms with Gasteiger partial charge in [0.25, 0.3) is 11.8 Å². The van der Waals surface area contributed by atoms with Crippen molar-refractivity contribution in [2.75, 3.05) is 17.3 Å². The first-order valence-electron chi connectivity index (χ1n) is 9.91. The minimum absolute atomic E-state index is 0.202. The molecule has 2 amide bonds. The summed E-state index contributed by atoms with van der Waals surface area (Å²) in [6.45, 7) is 2.08. The van der Waals surface area contributed by atoms with Crippen LogP contribution in [0.1, 0.15) is 18.1 Å². The standard InChI is InChI=1S/C25H21ClN2O3/c1-3-16-8-12-18(13-9-16)27-23-22(20-6-4-5-7-21(20)31-2)24(29)28(25(23)30)19-14-10-17(26)11-15-19/h4-15,27H,3H2,1-2H3. The van der Waals surface area contributed by atoms with Crippen molar-refractivity contribution in [3.8, 4) is 5.75 Å². The molecule has 1 N–H and O–H groups in total. The van der Waals surface area contributed by atoms with E-state index < -0.39 is 11.8 Å². The fraction of sp³-hybridized carbons (Fsp3) is 0.120. The van der Waals surface area contributed by atoms with Gasteiger partial charge in [-0.1, -0.05) is 48.9 Å². The van der Waals surface area contributed by atoms with E-state index in [1.165, 1.54) is 12.7 Å². The molecule has 0 atom stereocenters. The van der Waals surface area contributed by atoms with Gasteiger partial charge in [0, 0.05) is 16.3 Å². The van der Waals surface area contributed by atoms with Gasteiger partial charge in [0.1, 0.15) is 11.4 Å². The zero-order chi connectivity index (χ0) is 22.0. The lowest BCUT2D eigenvalue weighted by molar-refractivity contribution is -0.120. The number of carbonyl (C=O) groups excluding carboxylic acids is 2. The van der Waals surface area contributed by atoms with E-state index in [2.05, 4.69) is 12.2 Å². The Balaban J connectivity index is 1.83. The third-order valence-corrected chi connectivity index (χ3v) is 5.43. The molecule has 0 aromatic heterocycles. The number of carbonyl (C=O) groups is 2. The van der Waals surface area contributed by atoms with Gasteiger partial charge in [0.15, 0.2) is 0 Å². The van der Waals surface area contributed by atoms with Gasteiger partial charge >= 0.3 is 0 Å². The van der Waals surface area contributed by atoms with E-state index in [0.717, 1.165) is 17.0 Å². The third-order valence-electron chi connectivity index (χ3n) is 5.18. The summed E-state index contributed by atoms with van der Waals surface area (Å²) in [6, 6.07) is 21.5. The zero-order valence-corrected chi connectivity index (χ0v) is 17.9. The SMILES string of the molecule is CCc1ccc(NC2=C(c3ccccc3OC)C(=O)N(c3ccc(Cl)cc3)C2=O)cc1. The van der Waals surface area contributed by atoms with Gasteiger partial charge in [0.05, 0.1) is 18.4 Å². The van der Waals surface area contributed by atoms with Crippen molar-refractivity contribution in [2.45, 2.75) is 13.3 Å². The molecule has 6 heteroatoms. The first-order valence-corrected chi connectivity index (χ1v) is 10.3. The number of aryl methyl sites for hydroxylation is 1. The Hall–Kier alpha value is -3.57. The highest BCUT2D eigenvalue weighted by molar-refractivity contribution is 6.46. The normalized spacial score (nSPS) is 13.7. The number of para-hydroxylation sites is 1. The molecule has 3 aromatic rings. The number of hydrogen-bond acceptors (Lipinski definition) is 4. The van der Waals surface area contributed by atoms with Crippen LogP contribution >= 0.6 is 11.6 Å². The second-order valence-corrected chi connectivity index (χ2v) is 7.48. The number of halogens is 1. The lowest BCUT2D eigenvalue weighted by Gasteiger charge is -2.15. The Kier molecular flexibility index (Phi) is 5.78. The van der Waals surface area contributed by atoms with Gasteiger partial charge in [-0.15, -0.1) is 0 Å². The van der Waals surface area contributed by atoms with Crippen LogP contribution < -0.4 is 15.0 Å². The van der Waals surface area contributed by atoms with Crippen LogP contribution in [0.3, 0.4) is 0 Å². The first-order chi connectivity index (χ1) is 15.0.